The van der Waals surface area contributed by atoms with E-state index in [1.54, 1.807) is 12.3 Å². The number of unbranched alkanes of at least 4 members (excludes halogenated alkanes) is 2. The van der Waals surface area contributed by atoms with Crippen LogP contribution in [0.3, 0.4) is 0 Å². The van der Waals surface area contributed by atoms with Crippen molar-refractivity contribution in [1.29, 1.82) is 0 Å². The Bertz CT molecular complexity index is 516. The molecule has 1 aromatic rings. The van der Waals surface area contributed by atoms with Crippen molar-refractivity contribution in [3.8, 4) is 0 Å². The molecule has 0 bridgehead atoms. The van der Waals surface area contributed by atoms with Crippen molar-refractivity contribution < 1.29 is 20.1 Å². The Morgan fingerprint density at radius 1 is 1.25 bits per heavy atom. The first-order valence-electron chi connectivity index (χ1n) is 8.74. The fourth-order valence-electron chi connectivity index (χ4n) is 2.53. The van der Waals surface area contributed by atoms with E-state index in [1.807, 2.05) is 18.2 Å². The number of hydrogen-bond acceptors (Lipinski definition) is 4. The van der Waals surface area contributed by atoms with Crippen molar-refractivity contribution in [2.24, 2.45) is 0 Å². The SMILES string of the molecule is CCCCCC(O)C/C=C/c1cccnc1C(O)CCCC(=O)O. The van der Waals surface area contributed by atoms with Crippen LogP contribution < -0.4 is 0 Å². The molecule has 134 valence electrons. The van der Waals surface area contributed by atoms with E-state index < -0.39 is 12.1 Å². The second-order valence-corrected chi connectivity index (χ2v) is 6.07. The average molecular weight is 335 g/mol. The highest BCUT2D eigenvalue weighted by molar-refractivity contribution is 5.66. The van der Waals surface area contributed by atoms with E-state index >= 15 is 0 Å². The maximum Gasteiger partial charge on any atom is 0.303 e. The number of nitrogens with zero attached hydrogens (tertiary/aromatic N) is 1. The third kappa shape index (κ3) is 8.22. The van der Waals surface area contributed by atoms with E-state index in [9.17, 15) is 15.0 Å². The lowest BCUT2D eigenvalue weighted by molar-refractivity contribution is -0.137. The van der Waals surface area contributed by atoms with Crippen LogP contribution in [0.4, 0.5) is 0 Å². The zero-order valence-corrected chi connectivity index (χ0v) is 14.4. The maximum absolute atomic E-state index is 10.6. The number of hydrogen-bond donors (Lipinski definition) is 3. The van der Waals surface area contributed by atoms with Gasteiger partial charge in [-0.25, -0.2) is 0 Å². The first-order chi connectivity index (χ1) is 11.5. The zero-order valence-electron chi connectivity index (χ0n) is 14.4. The third-order valence-electron chi connectivity index (χ3n) is 3.90. The van der Waals surface area contributed by atoms with Gasteiger partial charge in [-0.15, -0.1) is 0 Å². The van der Waals surface area contributed by atoms with Gasteiger partial charge in [0.2, 0.25) is 0 Å². The van der Waals surface area contributed by atoms with Crippen molar-refractivity contribution in [1.82, 2.24) is 4.98 Å². The zero-order chi connectivity index (χ0) is 17.8. The van der Waals surface area contributed by atoms with E-state index in [-0.39, 0.29) is 12.5 Å². The highest BCUT2D eigenvalue weighted by atomic mass is 16.4. The molecule has 0 aliphatic carbocycles. The molecule has 1 heterocycles. The number of carboxylic acids is 1. The van der Waals surface area contributed by atoms with Gasteiger partial charge in [0.25, 0.3) is 0 Å². The van der Waals surface area contributed by atoms with Crippen molar-refractivity contribution in [2.45, 2.75) is 70.5 Å². The molecule has 5 heteroatoms. The molecule has 0 aliphatic rings. The van der Waals surface area contributed by atoms with E-state index in [0.717, 1.165) is 31.2 Å². The molecule has 0 saturated carbocycles. The van der Waals surface area contributed by atoms with Crippen molar-refractivity contribution in [2.75, 3.05) is 0 Å². The van der Waals surface area contributed by atoms with E-state index in [0.29, 0.717) is 25.0 Å². The molecule has 0 fully saturated rings. The van der Waals surface area contributed by atoms with Crippen LogP contribution in [-0.2, 0) is 4.79 Å². The number of carboxylic acid groups (broad SMARTS) is 1. The van der Waals surface area contributed by atoms with Gasteiger partial charge in [-0.3, -0.25) is 9.78 Å². The highest BCUT2D eigenvalue weighted by Gasteiger charge is 2.13. The van der Waals surface area contributed by atoms with Crippen LogP contribution in [0.25, 0.3) is 6.08 Å². The Hall–Kier alpha value is -1.72. The molecule has 0 amide bonds. The molecular formula is C19H29NO4. The summed E-state index contributed by atoms with van der Waals surface area (Å²) in [5.74, 6) is -0.861. The lowest BCUT2D eigenvalue weighted by Crippen LogP contribution is -2.05. The summed E-state index contributed by atoms with van der Waals surface area (Å²) < 4.78 is 0. The average Bonchev–Trinajstić information content (AvgIpc) is 2.55. The smallest absolute Gasteiger partial charge is 0.303 e. The molecule has 0 aromatic carbocycles. The van der Waals surface area contributed by atoms with Gasteiger partial charge >= 0.3 is 5.97 Å². The normalized spacial score (nSPS) is 14.0. The van der Waals surface area contributed by atoms with E-state index in [2.05, 4.69) is 11.9 Å². The fraction of sp³-hybridized carbons (Fsp3) is 0.579. The van der Waals surface area contributed by atoms with Gasteiger partial charge in [0.1, 0.15) is 0 Å². The molecule has 0 radical (unpaired) electrons. The van der Waals surface area contributed by atoms with Crippen molar-refractivity contribution in [3.05, 3.63) is 35.7 Å². The summed E-state index contributed by atoms with van der Waals surface area (Å²) in [4.78, 5) is 14.8. The number of carbonyl (C=O) groups is 1. The number of aliphatic carboxylic acids is 1. The quantitative estimate of drug-likeness (QED) is 0.507. The lowest BCUT2D eigenvalue weighted by Gasteiger charge is -2.12. The van der Waals surface area contributed by atoms with Crippen LogP contribution in [0, 0.1) is 0 Å². The molecule has 5 nitrogen and oxygen atoms in total. The topological polar surface area (TPSA) is 90.7 Å². The largest absolute Gasteiger partial charge is 0.481 e. The van der Waals surface area contributed by atoms with Crippen LogP contribution in [0.15, 0.2) is 24.4 Å². The van der Waals surface area contributed by atoms with Crippen LogP contribution in [0.1, 0.15) is 75.7 Å². The summed E-state index contributed by atoms with van der Waals surface area (Å²) in [6.45, 7) is 2.14. The van der Waals surface area contributed by atoms with Gasteiger partial charge in [0.05, 0.1) is 17.9 Å². The van der Waals surface area contributed by atoms with Crippen LogP contribution in [0.5, 0.6) is 0 Å². The van der Waals surface area contributed by atoms with Crippen molar-refractivity contribution >= 4 is 12.0 Å². The predicted octanol–water partition coefficient (Wildman–Crippen LogP) is 3.71. The number of rotatable bonds is 12. The van der Waals surface area contributed by atoms with E-state index in [1.165, 1.54) is 0 Å². The number of aliphatic hydroxyl groups is 2. The minimum Gasteiger partial charge on any atom is -0.481 e. The molecular weight excluding hydrogens is 306 g/mol. The molecule has 1 aromatic heterocycles. The number of aromatic nitrogens is 1. The second kappa shape index (κ2) is 11.8. The molecule has 2 unspecified atom stereocenters. The van der Waals surface area contributed by atoms with Crippen LogP contribution in [0.2, 0.25) is 0 Å². The summed E-state index contributed by atoms with van der Waals surface area (Å²) in [6.07, 6.45) is 9.77. The van der Waals surface area contributed by atoms with E-state index in [4.69, 9.17) is 5.11 Å². The Labute approximate surface area is 144 Å². The van der Waals surface area contributed by atoms with Gasteiger partial charge in [-0.1, -0.05) is 44.4 Å². The van der Waals surface area contributed by atoms with Gasteiger partial charge in [-0.05, 0) is 37.3 Å². The summed E-state index contributed by atoms with van der Waals surface area (Å²) in [6, 6.07) is 3.66. The summed E-state index contributed by atoms with van der Waals surface area (Å²) in [7, 11) is 0. The lowest BCUT2D eigenvalue weighted by atomic mass is 10.0. The summed E-state index contributed by atoms with van der Waals surface area (Å²) >= 11 is 0. The number of pyridine rings is 1. The summed E-state index contributed by atoms with van der Waals surface area (Å²) in [5, 5.41) is 28.8. The Morgan fingerprint density at radius 2 is 2.04 bits per heavy atom. The second-order valence-electron chi connectivity index (χ2n) is 6.07. The monoisotopic (exact) mass is 335 g/mol. The van der Waals surface area contributed by atoms with Crippen molar-refractivity contribution in [3.63, 3.8) is 0 Å². The molecule has 0 aliphatic heterocycles. The first kappa shape index (κ1) is 20.3. The van der Waals surface area contributed by atoms with Gasteiger partial charge < -0.3 is 15.3 Å². The van der Waals surface area contributed by atoms with Gasteiger partial charge in [-0.2, -0.15) is 0 Å². The molecule has 1 rings (SSSR count). The Balaban J connectivity index is 2.55. The molecule has 0 spiro atoms. The molecule has 0 saturated heterocycles. The minimum absolute atomic E-state index is 0.0407. The van der Waals surface area contributed by atoms with Gasteiger partial charge in [0.15, 0.2) is 0 Å². The Morgan fingerprint density at radius 3 is 2.75 bits per heavy atom. The third-order valence-corrected chi connectivity index (χ3v) is 3.90. The first-order valence-corrected chi connectivity index (χ1v) is 8.74. The molecule has 24 heavy (non-hydrogen) atoms. The predicted molar refractivity (Wildman–Crippen MR) is 94.5 cm³/mol. The highest BCUT2D eigenvalue weighted by Crippen LogP contribution is 2.22. The Kier molecular flexibility index (Phi) is 9.96. The minimum atomic E-state index is -0.861. The maximum atomic E-state index is 10.6. The standard InChI is InChI=1S/C19H29NO4/c1-2-3-4-10-16(21)11-5-8-15-9-7-14-20-19(15)17(22)12-6-13-18(23)24/h5,7-9,14,16-17,21-22H,2-4,6,10-13H2,1H3,(H,23,24)/b8-5+. The molecule has 2 atom stereocenters. The van der Waals surface area contributed by atoms with Crippen LogP contribution in [-0.4, -0.2) is 32.4 Å². The van der Waals surface area contributed by atoms with Crippen LogP contribution >= 0.6 is 0 Å². The number of aliphatic hydroxyl groups excluding tert-OH is 2. The molecule has 3 N–H and O–H groups in total. The fourth-order valence-corrected chi connectivity index (χ4v) is 2.53. The van der Waals surface area contributed by atoms with Gasteiger partial charge in [0, 0.05) is 12.6 Å². The summed E-state index contributed by atoms with van der Waals surface area (Å²) in [5.41, 5.74) is 1.36.